The molecule has 2 heteroatoms. The Labute approximate surface area is 136 Å². The first kappa shape index (κ1) is 14.0. The molecule has 3 aromatic rings. The second-order valence-electron chi connectivity index (χ2n) is 5.94. The van der Waals surface area contributed by atoms with Crippen molar-refractivity contribution in [3.05, 3.63) is 102 Å². The maximum atomic E-state index is 11.5. The van der Waals surface area contributed by atoms with E-state index in [0.29, 0.717) is 6.42 Å². The number of aliphatic hydroxyl groups is 1. The highest BCUT2D eigenvalue weighted by atomic mass is 16.5. The summed E-state index contributed by atoms with van der Waals surface area (Å²) in [4.78, 5) is 0. The van der Waals surface area contributed by atoms with Gasteiger partial charge in [-0.15, -0.1) is 0 Å². The van der Waals surface area contributed by atoms with E-state index in [1.165, 1.54) is 0 Å². The largest absolute Gasteiger partial charge is 0.485 e. The summed E-state index contributed by atoms with van der Waals surface area (Å²) in [5.41, 5.74) is 1.77. The Morgan fingerprint density at radius 3 is 2.13 bits per heavy atom. The minimum absolute atomic E-state index is 0.170. The fraction of sp³-hybridized carbons (Fsp3) is 0.143. The van der Waals surface area contributed by atoms with Crippen LogP contribution < -0.4 is 4.74 Å². The zero-order valence-electron chi connectivity index (χ0n) is 12.7. The van der Waals surface area contributed by atoms with Crippen molar-refractivity contribution in [2.24, 2.45) is 0 Å². The standard InChI is InChI=1S/C21H18O2/c22-21(17-11-5-2-6-12-17)15-20(16-9-3-1-4-10-16)23-19-14-8-7-13-18(19)21/h1-14,20,22H,15H2. The van der Waals surface area contributed by atoms with Crippen LogP contribution in [0.1, 0.15) is 29.2 Å². The van der Waals surface area contributed by atoms with Gasteiger partial charge < -0.3 is 9.84 Å². The van der Waals surface area contributed by atoms with Crippen LogP contribution in [-0.4, -0.2) is 5.11 Å². The smallest absolute Gasteiger partial charge is 0.127 e. The summed E-state index contributed by atoms with van der Waals surface area (Å²) in [5.74, 6) is 0.749. The van der Waals surface area contributed by atoms with E-state index in [1.807, 2.05) is 84.9 Å². The lowest BCUT2D eigenvalue weighted by molar-refractivity contribution is 0.000611. The number of rotatable bonds is 2. The monoisotopic (exact) mass is 302 g/mol. The molecule has 114 valence electrons. The van der Waals surface area contributed by atoms with Gasteiger partial charge in [0, 0.05) is 12.0 Å². The molecule has 1 aliphatic heterocycles. The molecule has 0 radical (unpaired) electrons. The number of benzene rings is 3. The second kappa shape index (κ2) is 5.56. The zero-order valence-corrected chi connectivity index (χ0v) is 12.7. The van der Waals surface area contributed by atoms with E-state index >= 15 is 0 Å². The third-order valence-electron chi connectivity index (χ3n) is 4.51. The molecule has 1 aliphatic rings. The average molecular weight is 302 g/mol. The summed E-state index contributed by atoms with van der Waals surface area (Å²) in [6.07, 6.45) is 0.328. The molecule has 4 rings (SSSR count). The number of ether oxygens (including phenoxy) is 1. The molecule has 0 aliphatic carbocycles. The molecular formula is C21H18O2. The van der Waals surface area contributed by atoms with Crippen LogP contribution in [0.3, 0.4) is 0 Å². The molecule has 0 amide bonds. The summed E-state index contributed by atoms with van der Waals surface area (Å²) in [6, 6.07) is 27.7. The van der Waals surface area contributed by atoms with Crippen molar-refractivity contribution in [2.45, 2.75) is 18.1 Å². The van der Waals surface area contributed by atoms with Crippen molar-refractivity contribution in [1.29, 1.82) is 0 Å². The molecule has 0 saturated carbocycles. The predicted molar refractivity (Wildman–Crippen MR) is 90.3 cm³/mol. The van der Waals surface area contributed by atoms with Crippen LogP contribution in [0.5, 0.6) is 5.75 Å². The number of hydrogen-bond acceptors (Lipinski definition) is 2. The van der Waals surface area contributed by atoms with Gasteiger partial charge in [-0.05, 0) is 17.2 Å². The normalized spacial score (nSPS) is 22.9. The van der Waals surface area contributed by atoms with Gasteiger partial charge in [0.2, 0.25) is 0 Å². The summed E-state index contributed by atoms with van der Waals surface area (Å²) in [6.45, 7) is 0. The molecule has 23 heavy (non-hydrogen) atoms. The molecule has 2 unspecified atom stereocenters. The minimum Gasteiger partial charge on any atom is -0.485 e. The van der Waals surface area contributed by atoms with Gasteiger partial charge in [-0.25, -0.2) is 0 Å². The van der Waals surface area contributed by atoms with Crippen LogP contribution in [0.25, 0.3) is 0 Å². The first-order valence-corrected chi connectivity index (χ1v) is 7.86. The van der Waals surface area contributed by atoms with Crippen LogP contribution in [0.2, 0.25) is 0 Å². The summed E-state index contributed by atoms with van der Waals surface area (Å²) < 4.78 is 6.17. The Hall–Kier alpha value is -2.58. The summed E-state index contributed by atoms with van der Waals surface area (Å²) >= 11 is 0. The highest BCUT2D eigenvalue weighted by molar-refractivity contribution is 5.47. The SMILES string of the molecule is OC1(c2ccccc2)CC(c2ccccc2)Oc2ccccc21. The summed E-state index contributed by atoms with van der Waals surface area (Å²) in [5, 5.41) is 11.5. The molecule has 0 saturated heterocycles. The highest BCUT2D eigenvalue weighted by Crippen LogP contribution is 2.47. The van der Waals surface area contributed by atoms with Crippen LogP contribution in [0, 0.1) is 0 Å². The molecule has 2 nitrogen and oxygen atoms in total. The topological polar surface area (TPSA) is 29.5 Å². The first-order chi connectivity index (χ1) is 11.3. The predicted octanol–water partition coefficient (Wildman–Crippen LogP) is 4.45. The second-order valence-corrected chi connectivity index (χ2v) is 5.94. The van der Waals surface area contributed by atoms with E-state index in [0.717, 1.165) is 22.4 Å². The third-order valence-corrected chi connectivity index (χ3v) is 4.51. The van der Waals surface area contributed by atoms with Gasteiger partial charge in [0.05, 0.1) is 0 Å². The zero-order chi connectivity index (χ0) is 15.7. The lowest BCUT2D eigenvalue weighted by atomic mass is 9.78. The van der Waals surface area contributed by atoms with Gasteiger partial charge in [-0.3, -0.25) is 0 Å². The van der Waals surface area contributed by atoms with E-state index in [1.54, 1.807) is 0 Å². The number of fused-ring (bicyclic) bond motifs is 1. The van der Waals surface area contributed by atoms with E-state index in [2.05, 4.69) is 0 Å². The van der Waals surface area contributed by atoms with Gasteiger partial charge >= 0.3 is 0 Å². The van der Waals surface area contributed by atoms with Gasteiger partial charge in [0.1, 0.15) is 17.5 Å². The van der Waals surface area contributed by atoms with Crippen molar-refractivity contribution in [3.8, 4) is 5.75 Å². The molecule has 0 bridgehead atoms. The van der Waals surface area contributed by atoms with Crippen molar-refractivity contribution in [2.75, 3.05) is 0 Å². The lowest BCUT2D eigenvalue weighted by Crippen LogP contribution is -2.35. The fourth-order valence-electron chi connectivity index (χ4n) is 3.33. The van der Waals surface area contributed by atoms with Gasteiger partial charge in [-0.1, -0.05) is 78.9 Å². The molecule has 0 fully saturated rings. The average Bonchev–Trinajstić information content (AvgIpc) is 2.63. The van der Waals surface area contributed by atoms with Crippen LogP contribution in [0.4, 0.5) is 0 Å². The molecule has 0 spiro atoms. The van der Waals surface area contributed by atoms with Crippen molar-refractivity contribution in [3.63, 3.8) is 0 Å². The van der Waals surface area contributed by atoms with Crippen molar-refractivity contribution in [1.82, 2.24) is 0 Å². The van der Waals surface area contributed by atoms with E-state index in [9.17, 15) is 5.11 Å². The van der Waals surface area contributed by atoms with Gasteiger partial charge in [-0.2, -0.15) is 0 Å². The first-order valence-electron chi connectivity index (χ1n) is 7.86. The van der Waals surface area contributed by atoms with Crippen molar-refractivity contribution >= 4 is 0 Å². The van der Waals surface area contributed by atoms with Gasteiger partial charge in [0.25, 0.3) is 0 Å². The Bertz CT molecular complexity index is 798. The maximum absolute atomic E-state index is 11.5. The van der Waals surface area contributed by atoms with Crippen molar-refractivity contribution < 1.29 is 9.84 Å². The Kier molecular flexibility index (Phi) is 3.40. The molecule has 0 aromatic heterocycles. The number of hydrogen-bond donors (Lipinski definition) is 1. The summed E-state index contributed by atoms with van der Waals surface area (Å²) in [7, 11) is 0. The number of para-hydroxylation sites is 1. The fourth-order valence-corrected chi connectivity index (χ4v) is 3.33. The van der Waals surface area contributed by atoms with Gasteiger partial charge in [0.15, 0.2) is 0 Å². The highest BCUT2D eigenvalue weighted by Gasteiger charge is 2.41. The molecule has 1 N–H and O–H groups in total. The van der Waals surface area contributed by atoms with Crippen LogP contribution in [-0.2, 0) is 5.60 Å². The Balaban J connectivity index is 1.85. The quantitative estimate of drug-likeness (QED) is 0.758. The molecular weight excluding hydrogens is 284 g/mol. The third kappa shape index (κ3) is 2.41. The van der Waals surface area contributed by atoms with E-state index in [-0.39, 0.29) is 6.10 Å². The Morgan fingerprint density at radius 2 is 1.39 bits per heavy atom. The maximum Gasteiger partial charge on any atom is 0.127 e. The molecule has 2 atom stereocenters. The van der Waals surface area contributed by atoms with E-state index < -0.39 is 5.60 Å². The van der Waals surface area contributed by atoms with Crippen LogP contribution >= 0.6 is 0 Å². The minimum atomic E-state index is -1.05. The van der Waals surface area contributed by atoms with E-state index in [4.69, 9.17) is 4.74 Å². The Morgan fingerprint density at radius 1 is 0.783 bits per heavy atom. The molecule has 3 aromatic carbocycles. The molecule has 1 heterocycles. The lowest BCUT2D eigenvalue weighted by Gasteiger charge is -2.39. The van der Waals surface area contributed by atoms with Crippen LogP contribution in [0.15, 0.2) is 84.9 Å².